The minimum absolute atomic E-state index is 0.0150. The van der Waals surface area contributed by atoms with Crippen LogP contribution in [0.3, 0.4) is 0 Å². The van der Waals surface area contributed by atoms with Crippen molar-refractivity contribution in [2.75, 3.05) is 6.61 Å². The predicted molar refractivity (Wildman–Crippen MR) is 89.2 cm³/mol. The van der Waals surface area contributed by atoms with Gasteiger partial charge in [0.2, 0.25) is 0 Å². The molecule has 0 unspecified atom stereocenters. The van der Waals surface area contributed by atoms with Crippen LogP contribution in [-0.2, 0) is 0 Å². The number of ether oxygens (including phenoxy) is 1. The molecule has 0 aliphatic heterocycles. The minimum atomic E-state index is -0.295. The third kappa shape index (κ3) is 4.26. The third-order valence-corrected chi connectivity index (χ3v) is 5.06. The first-order chi connectivity index (χ1) is 11.0. The van der Waals surface area contributed by atoms with Crippen molar-refractivity contribution in [2.45, 2.75) is 45.7 Å². The highest BCUT2D eigenvalue weighted by Gasteiger charge is 2.22. The molecule has 2 aromatic rings. The molecule has 3 rings (SSSR count). The molecule has 0 radical (unpaired) electrons. The first-order valence-corrected chi connectivity index (χ1v) is 8.83. The van der Waals surface area contributed by atoms with E-state index >= 15 is 0 Å². The molecule has 0 amide bonds. The van der Waals surface area contributed by atoms with Crippen molar-refractivity contribution >= 4 is 11.3 Å². The molecule has 4 nitrogen and oxygen atoms in total. The number of rotatable bonds is 7. The van der Waals surface area contributed by atoms with Gasteiger partial charge in [-0.2, -0.15) is 0 Å². The van der Waals surface area contributed by atoms with E-state index in [4.69, 9.17) is 4.74 Å². The Balaban J connectivity index is 1.61. The van der Waals surface area contributed by atoms with Gasteiger partial charge in [-0.25, -0.2) is 4.39 Å². The van der Waals surface area contributed by atoms with Crippen LogP contribution in [0.15, 0.2) is 18.2 Å². The Morgan fingerprint density at radius 1 is 1.30 bits per heavy atom. The molecule has 0 spiro atoms. The zero-order chi connectivity index (χ0) is 16.4. The number of nitrogens with one attached hydrogen (secondary N) is 1. The lowest BCUT2D eigenvalue weighted by Gasteiger charge is -2.19. The molecule has 1 aliphatic rings. The minimum Gasteiger partial charge on any atom is -0.490 e. The fourth-order valence-electron chi connectivity index (χ4n) is 2.42. The van der Waals surface area contributed by atoms with E-state index in [1.807, 2.05) is 26.8 Å². The van der Waals surface area contributed by atoms with Crippen molar-refractivity contribution in [1.29, 1.82) is 0 Å². The molecule has 23 heavy (non-hydrogen) atoms. The Labute approximate surface area is 140 Å². The van der Waals surface area contributed by atoms with Gasteiger partial charge in [0.05, 0.1) is 12.6 Å². The van der Waals surface area contributed by atoms with E-state index in [0.29, 0.717) is 18.3 Å². The third-order valence-electron chi connectivity index (χ3n) is 4.04. The molecule has 1 aromatic heterocycles. The summed E-state index contributed by atoms with van der Waals surface area (Å²) >= 11 is 1.57. The van der Waals surface area contributed by atoms with Gasteiger partial charge in [-0.3, -0.25) is 0 Å². The second kappa shape index (κ2) is 6.93. The molecule has 1 aliphatic carbocycles. The number of benzene rings is 1. The summed E-state index contributed by atoms with van der Waals surface area (Å²) in [5.74, 6) is 0.669. The molecule has 2 atom stereocenters. The summed E-state index contributed by atoms with van der Waals surface area (Å²) in [6, 6.07) is 5.29. The zero-order valence-electron chi connectivity index (χ0n) is 13.7. The SMILES string of the molecule is Cc1nnc([C@H](C)N[C@H](C)c2ccc(OCC3CC3)c(F)c2)s1. The summed E-state index contributed by atoms with van der Waals surface area (Å²) in [4.78, 5) is 0. The Morgan fingerprint density at radius 2 is 2.09 bits per heavy atom. The van der Waals surface area contributed by atoms with Gasteiger partial charge in [0.1, 0.15) is 10.0 Å². The van der Waals surface area contributed by atoms with Crippen LogP contribution in [0.2, 0.25) is 0 Å². The van der Waals surface area contributed by atoms with Crippen LogP contribution in [0.1, 0.15) is 54.4 Å². The Morgan fingerprint density at radius 3 is 2.70 bits per heavy atom. The predicted octanol–water partition coefficient (Wildman–Crippen LogP) is 4.19. The van der Waals surface area contributed by atoms with Crippen LogP contribution in [0, 0.1) is 18.7 Å². The average Bonchev–Trinajstić information content (AvgIpc) is 3.25. The van der Waals surface area contributed by atoms with Gasteiger partial charge in [0, 0.05) is 6.04 Å². The molecule has 1 N–H and O–H groups in total. The summed E-state index contributed by atoms with van der Waals surface area (Å²) in [5, 5.41) is 13.5. The summed E-state index contributed by atoms with van der Waals surface area (Å²) in [6.45, 7) is 6.62. The van der Waals surface area contributed by atoms with Crippen LogP contribution < -0.4 is 10.1 Å². The summed E-state index contributed by atoms with van der Waals surface area (Å²) in [7, 11) is 0. The molecule has 1 fully saturated rings. The van der Waals surface area contributed by atoms with Crippen molar-refractivity contribution in [1.82, 2.24) is 15.5 Å². The van der Waals surface area contributed by atoms with E-state index in [1.54, 1.807) is 23.5 Å². The second-order valence-corrected chi connectivity index (χ2v) is 7.43. The van der Waals surface area contributed by atoms with E-state index in [1.165, 1.54) is 12.8 Å². The number of halogens is 1. The highest BCUT2D eigenvalue weighted by atomic mass is 32.1. The van der Waals surface area contributed by atoms with Crippen LogP contribution in [0.25, 0.3) is 0 Å². The van der Waals surface area contributed by atoms with Crippen molar-refractivity contribution in [2.24, 2.45) is 5.92 Å². The highest BCUT2D eigenvalue weighted by molar-refractivity contribution is 7.11. The molecular weight excluding hydrogens is 313 g/mol. The second-order valence-electron chi connectivity index (χ2n) is 6.21. The average molecular weight is 335 g/mol. The Bertz CT molecular complexity index is 672. The normalized spacial score (nSPS) is 17.0. The maximum Gasteiger partial charge on any atom is 0.165 e. The smallest absolute Gasteiger partial charge is 0.165 e. The lowest BCUT2D eigenvalue weighted by Crippen LogP contribution is -2.22. The number of hydrogen-bond acceptors (Lipinski definition) is 5. The van der Waals surface area contributed by atoms with Gasteiger partial charge >= 0.3 is 0 Å². The highest BCUT2D eigenvalue weighted by Crippen LogP contribution is 2.31. The van der Waals surface area contributed by atoms with Gasteiger partial charge in [0.25, 0.3) is 0 Å². The summed E-state index contributed by atoms with van der Waals surface area (Å²) in [5.41, 5.74) is 0.898. The summed E-state index contributed by atoms with van der Waals surface area (Å²) < 4.78 is 19.7. The van der Waals surface area contributed by atoms with Crippen LogP contribution in [-0.4, -0.2) is 16.8 Å². The van der Waals surface area contributed by atoms with Gasteiger partial charge in [-0.15, -0.1) is 21.5 Å². The van der Waals surface area contributed by atoms with Gasteiger partial charge in [-0.1, -0.05) is 6.07 Å². The molecule has 6 heteroatoms. The van der Waals surface area contributed by atoms with Crippen LogP contribution in [0.4, 0.5) is 4.39 Å². The maximum absolute atomic E-state index is 14.2. The van der Waals surface area contributed by atoms with Gasteiger partial charge in [-0.05, 0) is 57.2 Å². The van der Waals surface area contributed by atoms with Crippen molar-refractivity contribution < 1.29 is 9.13 Å². The molecule has 124 valence electrons. The lowest BCUT2D eigenvalue weighted by molar-refractivity contribution is 0.285. The molecule has 1 aromatic carbocycles. The molecule has 0 bridgehead atoms. The van der Waals surface area contributed by atoms with E-state index < -0.39 is 0 Å². The van der Waals surface area contributed by atoms with E-state index in [9.17, 15) is 4.39 Å². The van der Waals surface area contributed by atoms with Crippen LogP contribution >= 0.6 is 11.3 Å². The molecule has 1 heterocycles. The summed E-state index contributed by atoms with van der Waals surface area (Å²) in [6.07, 6.45) is 2.40. The fraction of sp³-hybridized carbons (Fsp3) is 0.529. The van der Waals surface area contributed by atoms with Gasteiger partial charge < -0.3 is 10.1 Å². The monoisotopic (exact) mass is 335 g/mol. The van der Waals surface area contributed by atoms with Crippen molar-refractivity contribution in [3.05, 3.63) is 39.6 Å². The lowest BCUT2D eigenvalue weighted by atomic mass is 10.1. The van der Waals surface area contributed by atoms with Gasteiger partial charge in [0.15, 0.2) is 11.6 Å². The topological polar surface area (TPSA) is 47.0 Å². The Hall–Kier alpha value is -1.53. The quantitative estimate of drug-likeness (QED) is 0.824. The van der Waals surface area contributed by atoms with Crippen LogP contribution in [0.5, 0.6) is 5.75 Å². The molecule has 1 saturated carbocycles. The van der Waals surface area contributed by atoms with Crippen molar-refractivity contribution in [3.63, 3.8) is 0 Å². The number of hydrogen-bond donors (Lipinski definition) is 1. The van der Waals surface area contributed by atoms with Crippen molar-refractivity contribution in [3.8, 4) is 5.75 Å². The maximum atomic E-state index is 14.2. The molecule has 0 saturated heterocycles. The number of aryl methyl sites for hydroxylation is 1. The fourth-order valence-corrected chi connectivity index (χ4v) is 3.14. The van der Waals surface area contributed by atoms with E-state index in [0.717, 1.165) is 15.6 Å². The van der Waals surface area contributed by atoms with E-state index in [-0.39, 0.29) is 17.9 Å². The molecular formula is C17H22FN3OS. The zero-order valence-corrected chi connectivity index (χ0v) is 14.5. The first kappa shape index (κ1) is 16.3. The number of nitrogens with zero attached hydrogens (tertiary/aromatic N) is 2. The Kier molecular flexibility index (Phi) is 4.92. The standard InChI is InChI=1S/C17H22FN3OS/c1-10(19-11(2)17-21-20-12(3)23-17)14-6-7-16(15(18)8-14)22-9-13-4-5-13/h6-8,10-11,13,19H,4-5,9H2,1-3H3/t10-,11+/m1/s1. The van der Waals surface area contributed by atoms with E-state index in [2.05, 4.69) is 15.5 Å². The largest absolute Gasteiger partial charge is 0.490 e. The first-order valence-electron chi connectivity index (χ1n) is 8.01. The number of aromatic nitrogens is 2.